The van der Waals surface area contributed by atoms with E-state index in [2.05, 4.69) is 17.3 Å². The first-order valence-corrected chi connectivity index (χ1v) is 6.12. The van der Waals surface area contributed by atoms with E-state index in [-0.39, 0.29) is 11.3 Å². The Morgan fingerprint density at radius 3 is 2.94 bits per heavy atom. The highest BCUT2D eigenvalue weighted by molar-refractivity contribution is 5.83. The average molecular weight is 236 g/mol. The Kier molecular flexibility index (Phi) is 3.47. The molecule has 1 heterocycles. The number of amides is 1. The molecule has 0 aromatic carbocycles. The minimum Gasteiger partial charge on any atom is -0.354 e. The predicted molar refractivity (Wildman–Crippen MR) is 65.1 cm³/mol. The van der Waals surface area contributed by atoms with Crippen molar-refractivity contribution in [2.45, 2.75) is 26.3 Å². The minimum atomic E-state index is -0.302. The highest BCUT2D eigenvalue weighted by atomic mass is 16.2. The Bertz CT molecular complexity index is 368. The summed E-state index contributed by atoms with van der Waals surface area (Å²) in [6.07, 6.45) is 5.45. The fourth-order valence-electron chi connectivity index (χ4n) is 2.62. The summed E-state index contributed by atoms with van der Waals surface area (Å²) in [4.78, 5) is 12.0. The van der Waals surface area contributed by atoms with Crippen LogP contribution in [-0.2, 0) is 11.3 Å². The van der Waals surface area contributed by atoms with Crippen molar-refractivity contribution in [3.05, 3.63) is 18.5 Å². The van der Waals surface area contributed by atoms with Crippen LogP contribution in [-0.4, -0.2) is 28.8 Å². The van der Waals surface area contributed by atoms with E-state index in [0.717, 1.165) is 12.8 Å². The molecule has 1 saturated carbocycles. The summed E-state index contributed by atoms with van der Waals surface area (Å²) in [5.74, 6) is 0.723. The van der Waals surface area contributed by atoms with E-state index in [4.69, 9.17) is 5.73 Å². The van der Waals surface area contributed by atoms with Crippen LogP contribution in [0.1, 0.15) is 19.8 Å². The van der Waals surface area contributed by atoms with Crippen LogP contribution in [0.2, 0.25) is 0 Å². The molecule has 0 aliphatic heterocycles. The van der Waals surface area contributed by atoms with Gasteiger partial charge in [-0.1, -0.05) is 6.92 Å². The lowest BCUT2D eigenvalue weighted by atomic mass is 9.62. The van der Waals surface area contributed by atoms with Gasteiger partial charge < -0.3 is 11.1 Å². The van der Waals surface area contributed by atoms with Crippen molar-refractivity contribution in [1.29, 1.82) is 0 Å². The fraction of sp³-hybridized carbons (Fsp3) is 0.667. The van der Waals surface area contributed by atoms with E-state index in [1.165, 1.54) is 0 Å². The quantitative estimate of drug-likeness (QED) is 0.776. The molecule has 0 saturated heterocycles. The van der Waals surface area contributed by atoms with Gasteiger partial charge in [0.25, 0.3) is 0 Å². The van der Waals surface area contributed by atoms with Gasteiger partial charge in [-0.05, 0) is 24.8 Å². The van der Waals surface area contributed by atoms with Crippen molar-refractivity contribution >= 4 is 5.91 Å². The number of carbonyl (C=O) groups is 1. The highest BCUT2D eigenvalue weighted by Crippen LogP contribution is 2.44. The van der Waals surface area contributed by atoms with E-state index < -0.39 is 0 Å². The number of hydrogen-bond acceptors (Lipinski definition) is 3. The zero-order chi connectivity index (χ0) is 12.3. The molecule has 1 aliphatic rings. The molecule has 0 spiro atoms. The number of nitrogens with one attached hydrogen (secondary N) is 1. The first-order valence-electron chi connectivity index (χ1n) is 6.12. The first kappa shape index (κ1) is 12.1. The van der Waals surface area contributed by atoms with E-state index in [0.29, 0.717) is 25.6 Å². The van der Waals surface area contributed by atoms with E-state index in [1.807, 2.05) is 12.3 Å². The maximum Gasteiger partial charge on any atom is 0.227 e. The Labute approximate surface area is 101 Å². The lowest BCUT2D eigenvalue weighted by molar-refractivity contribution is -0.138. The molecular formula is C12H20N4O. The lowest BCUT2D eigenvalue weighted by Crippen LogP contribution is -2.53. The minimum absolute atomic E-state index is 0.102. The molecule has 0 unspecified atom stereocenters. The highest BCUT2D eigenvalue weighted by Gasteiger charge is 2.46. The number of carbonyl (C=O) groups excluding carboxylic acids is 1. The molecule has 1 fully saturated rings. The number of nitrogens with zero attached hydrogens (tertiary/aromatic N) is 2. The van der Waals surface area contributed by atoms with Crippen LogP contribution in [0.3, 0.4) is 0 Å². The molecule has 1 aromatic heterocycles. The molecule has 5 nitrogen and oxygen atoms in total. The van der Waals surface area contributed by atoms with Gasteiger partial charge in [0.05, 0.1) is 12.0 Å². The van der Waals surface area contributed by atoms with Gasteiger partial charge in [-0.3, -0.25) is 9.48 Å². The second-order valence-electron chi connectivity index (χ2n) is 5.02. The van der Waals surface area contributed by atoms with Gasteiger partial charge in [0.1, 0.15) is 0 Å². The molecule has 5 heteroatoms. The van der Waals surface area contributed by atoms with E-state index in [9.17, 15) is 4.79 Å². The standard InChI is InChI=1S/C12H20N4O/c1-10-7-12(8-10,9-13)11(17)14-4-6-16-5-2-3-15-16/h2-3,5,10H,4,6-9,13H2,1H3,(H,14,17). The molecule has 1 amide bonds. The lowest BCUT2D eigenvalue weighted by Gasteiger charge is -2.44. The molecule has 0 bridgehead atoms. The van der Waals surface area contributed by atoms with Crippen LogP contribution in [0.15, 0.2) is 18.5 Å². The summed E-state index contributed by atoms with van der Waals surface area (Å²) in [5.41, 5.74) is 5.42. The largest absolute Gasteiger partial charge is 0.354 e. The summed E-state index contributed by atoms with van der Waals surface area (Å²) in [7, 11) is 0. The summed E-state index contributed by atoms with van der Waals surface area (Å²) >= 11 is 0. The predicted octanol–water partition coefficient (Wildman–Crippen LogP) is 0.374. The summed E-state index contributed by atoms with van der Waals surface area (Å²) in [5, 5.41) is 7.04. The molecule has 2 rings (SSSR count). The maximum atomic E-state index is 12.0. The van der Waals surface area contributed by atoms with Gasteiger partial charge in [-0.2, -0.15) is 5.10 Å². The summed E-state index contributed by atoms with van der Waals surface area (Å²) in [6, 6.07) is 1.87. The van der Waals surface area contributed by atoms with E-state index in [1.54, 1.807) is 10.9 Å². The molecule has 0 radical (unpaired) electrons. The Morgan fingerprint density at radius 2 is 2.41 bits per heavy atom. The number of hydrogen-bond donors (Lipinski definition) is 2. The topological polar surface area (TPSA) is 72.9 Å². The molecule has 0 atom stereocenters. The van der Waals surface area contributed by atoms with Crippen LogP contribution in [0.5, 0.6) is 0 Å². The first-order chi connectivity index (χ1) is 8.16. The van der Waals surface area contributed by atoms with Crippen LogP contribution in [0.25, 0.3) is 0 Å². The molecule has 94 valence electrons. The van der Waals surface area contributed by atoms with Crippen LogP contribution >= 0.6 is 0 Å². The molecule has 17 heavy (non-hydrogen) atoms. The smallest absolute Gasteiger partial charge is 0.227 e. The molecule has 1 aromatic rings. The number of aromatic nitrogens is 2. The number of nitrogens with two attached hydrogens (primary N) is 1. The monoisotopic (exact) mass is 236 g/mol. The van der Waals surface area contributed by atoms with Crippen molar-refractivity contribution < 1.29 is 4.79 Å². The Balaban J connectivity index is 1.77. The van der Waals surface area contributed by atoms with Gasteiger partial charge in [0, 0.05) is 25.5 Å². The van der Waals surface area contributed by atoms with Crippen molar-refractivity contribution in [2.24, 2.45) is 17.1 Å². The normalized spacial score (nSPS) is 27.5. The van der Waals surface area contributed by atoms with Gasteiger partial charge in [-0.15, -0.1) is 0 Å². The van der Waals surface area contributed by atoms with Crippen molar-refractivity contribution in [2.75, 3.05) is 13.1 Å². The van der Waals surface area contributed by atoms with Gasteiger partial charge in [0.15, 0.2) is 0 Å². The second-order valence-corrected chi connectivity index (χ2v) is 5.02. The van der Waals surface area contributed by atoms with Crippen LogP contribution in [0, 0.1) is 11.3 Å². The molecule has 3 N–H and O–H groups in total. The third-order valence-corrected chi connectivity index (χ3v) is 3.54. The molecular weight excluding hydrogens is 216 g/mol. The second kappa shape index (κ2) is 4.87. The van der Waals surface area contributed by atoms with Crippen molar-refractivity contribution in [1.82, 2.24) is 15.1 Å². The summed E-state index contributed by atoms with van der Waals surface area (Å²) < 4.78 is 1.80. The zero-order valence-corrected chi connectivity index (χ0v) is 10.2. The zero-order valence-electron chi connectivity index (χ0n) is 10.2. The third kappa shape index (κ3) is 2.49. The Hall–Kier alpha value is -1.36. The van der Waals surface area contributed by atoms with E-state index >= 15 is 0 Å². The SMILES string of the molecule is CC1CC(CN)(C(=O)NCCn2cccn2)C1. The van der Waals surface area contributed by atoms with Gasteiger partial charge in [0.2, 0.25) is 5.91 Å². The van der Waals surface area contributed by atoms with Crippen molar-refractivity contribution in [3.63, 3.8) is 0 Å². The fourth-order valence-corrected chi connectivity index (χ4v) is 2.62. The van der Waals surface area contributed by atoms with Crippen LogP contribution in [0.4, 0.5) is 0 Å². The third-order valence-electron chi connectivity index (χ3n) is 3.54. The van der Waals surface area contributed by atoms with Gasteiger partial charge in [-0.25, -0.2) is 0 Å². The Morgan fingerprint density at radius 1 is 1.65 bits per heavy atom. The number of rotatable bonds is 5. The average Bonchev–Trinajstić information content (AvgIpc) is 2.77. The summed E-state index contributed by atoms with van der Waals surface area (Å²) in [6.45, 7) is 3.92. The van der Waals surface area contributed by atoms with Crippen molar-refractivity contribution in [3.8, 4) is 0 Å². The van der Waals surface area contributed by atoms with Crippen LogP contribution < -0.4 is 11.1 Å². The van der Waals surface area contributed by atoms with Gasteiger partial charge >= 0.3 is 0 Å². The molecule has 1 aliphatic carbocycles. The maximum absolute atomic E-state index is 12.0.